The van der Waals surface area contributed by atoms with Gasteiger partial charge in [-0.25, -0.2) is 8.78 Å². The van der Waals surface area contributed by atoms with Crippen molar-refractivity contribution in [1.29, 1.82) is 0 Å². The zero-order valence-corrected chi connectivity index (χ0v) is 10.6. The van der Waals surface area contributed by atoms with Crippen LogP contribution in [0.15, 0.2) is 16.6 Å². The third-order valence-corrected chi connectivity index (χ3v) is 2.63. The molecule has 0 saturated heterocycles. The van der Waals surface area contributed by atoms with E-state index in [1.807, 2.05) is 0 Å². The summed E-state index contributed by atoms with van der Waals surface area (Å²) in [6.07, 6.45) is -0.365. The van der Waals surface area contributed by atoms with Crippen LogP contribution in [0.5, 0.6) is 0 Å². The van der Waals surface area contributed by atoms with Crippen molar-refractivity contribution in [3.63, 3.8) is 0 Å². The minimum atomic E-state index is -1.19. The van der Waals surface area contributed by atoms with Gasteiger partial charge in [0.1, 0.15) is 11.6 Å². The molecule has 0 radical (unpaired) electrons. The molecule has 1 unspecified atom stereocenters. The monoisotopic (exact) mass is 321 g/mol. The summed E-state index contributed by atoms with van der Waals surface area (Å²) in [4.78, 5) is 22.0. The van der Waals surface area contributed by atoms with Crippen molar-refractivity contribution in [2.45, 2.75) is 12.5 Å². The summed E-state index contributed by atoms with van der Waals surface area (Å²) in [5.41, 5.74) is 9.99. The fourth-order valence-corrected chi connectivity index (χ4v) is 1.50. The number of primary amides is 1. The van der Waals surface area contributed by atoms with Crippen LogP contribution in [0.25, 0.3) is 0 Å². The Morgan fingerprint density at radius 1 is 1.33 bits per heavy atom. The van der Waals surface area contributed by atoms with Gasteiger partial charge in [-0.3, -0.25) is 9.59 Å². The molecule has 0 aliphatic rings. The summed E-state index contributed by atoms with van der Waals surface area (Å²) in [5.74, 6) is -3.29. The molecule has 1 atom stereocenters. The summed E-state index contributed by atoms with van der Waals surface area (Å²) in [6.45, 7) is 0. The molecule has 1 aromatic rings. The standard InChI is InChI=1S/C10H10BrF2N3O2/c11-4-1-8(6(13)2-5(4)12)16-10(18)7(14)3-9(15)17/h1-2,7H,3,14H2,(H2,15,17)(H,16,18). The van der Waals surface area contributed by atoms with Crippen LogP contribution >= 0.6 is 15.9 Å². The van der Waals surface area contributed by atoms with Crippen LogP contribution in [0.4, 0.5) is 14.5 Å². The Morgan fingerprint density at radius 3 is 2.50 bits per heavy atom. The van der Waals surface area contributed by atoms with Crippen molar-refractivity contribution in [3.8, 4) is 0 Å². The van der Waals surface area contributed by atoms with Gasteiger partial charge >= 0.3 is 0 Å². The number of amides is 2. The van der Waals surface area contributed by atoms with E-state index in [0.29, 0.717) is 6.07 Å². The minimum Gasteiger partial charge on any atom is -0.370 e. The molecule has 0 fully saturated rings. The Morgan fingerprint density at radius 2 is 1.94 bits per heavy atom. The number of rotatable bonds is 4. The van der Waals surface area contributed by atoms with E-state index in [1.54, 1.807) is 0 Å². The number of benzene rings is 1. The lowest BCUT2D eigenvalue weighted by Gasteiger charge is -2.11. The third kappa shape index (κ3) is 3.74. The Labute approximate surface area is 110 Å². The number of carbonyl (C=O) groups is 2. The van der Waals surface area contributed by atoms with Crippen molar-refractivity contribution in [1.82, 2.24) is 0 Å². The van der Waals surface area contributed by atoms with E-state index in [0.717, 1.165) is 6.07 Å². The predicted molar refractivity (Wildman–Crippen MR) is 64.5 cm³/mol. The number of carbonyl (C=O) groups excluding carboxylic acids is 2. The highest BCUT2D eigenvalue weighted by atomic mass is 79.9. The maximum atomic E-state index is 13.3. The van der Waals surface area contributed by atoms with E-state index in [-0.39, 0.29) is 16.6 Å². The molecule has 18 heavy (non-hydrogen) atoms. The molecule has 5 N–H and O–H groups in total. The molecule has 0 saturated carbocycles. The molecule has 0 bridgehead atoms. The van der Waals surface area contributed by atoms with Crippen molar-refractivity contribution < 1.29 is 18.4 Å². The Bertz CT molecular complexity index is 496. The molecule has 1 rings (SSSR count). The molecule has 0 aliphatic heterocycles. The summed E-state index contributed by atoms with van der Waals surface area (Å²) >= 11 is 2.85. The summed E-state index contributed by atoms with van der Waals surface area (Å²) in [5, 5.41) is 2.14. The number of hydrogen-bond acceptors (Lipinski definition) is 3. The Kier molecular flexibility index (Phi) is 4.74. The molecule has 1 aromatic carbocycles. The normalized spacial score (nSPS) is 12.0. The minimum absolute atomic E-state index is 0.0114. The average molecular weight is 322 g/mol. The molecule has 0 aromatic heterocycles. The molecule has 0 heterocycles. The lowest BCUT2D eigenvalue weighted by molar-refractivity contribution is -0.123. The van der Waals surface area contributed by atoms with E-state index in [4.69, 9.17) is 11.5 Å². The maximum absolute atomic E-state index is 13.3. The fourth-order valence-electron chi connectivity index (χ4n) is 1.15. The predicted octanol–water partition coefficient (Wildman–Crippen LogP) is 0.868. The highest BCUT2D eigenvalue weighted by molar-refractivity contribution is 9.10. The third-order valence-electron chi connectivity index (χ3n) is 2.03. The number of anilines is 1. The first kappa shape index (κ1) is 14.5. The van der Waals surface area contributed by atoms with Gasteiger partial charge < -0.3 is 16.8 Å². The van der Waals surface area contributed by atoms with Crippen molar-refractivity contribution >= 4 is 33.4 Å². The SMILES string of the molecule is NC(=O)CC(N)C(=O)Nc1cc(Br)c(F)cc1F. The lowest BCUT2D eigenvalue weighted by atomic mass is 10.2. The van der Waals surface area contributed by atoms with Gasteiger partial charge in [0.05, 0.1) is 22.6 Å². The second kappa shape index (κ2) is 5.87. The molecule has 98 valence electrons. The molecular formula is C10H10BrF2N3O2. The van der Waals surface area contributed by atoms with E-state index < -0.39 is 29.5 Å². The van der Waals surface area contributed by atoms with E-state index in [9.17, 15) is 18.4 Å². The molecule has 0 spiro atoms. The zero-order valence-electron chi connectivity index (χ0n) is 9.04. The Hall–Kier alpha value is -1.54. The smallest absolute Gasteiger partial charge is 0.241 e. The van der Waals surface area contributed by atoms with Crippen LogP contribution in [-0.2, 0) is 9.59 Å². The van der Waals surface area contributed by atoms with Crippen molar-refractivity contribution in [3.05, 3.63) is 28.2 Å². The van der Waals surface area contributed by atoms with Gasteiger partial charge in [0.25, 0.3) is 0 Å². The van der Waals surface area contributed by atoms with Gasteiger partial charge in [-0.15, -0.1) is 0 Å². The van der Waals surface area contributed by atoms with Crippen LogP contribution in [-0.4, -0.2) is 17.9 Å². The first-order chi connectivity index (χ1) is 8.31. The van der Waals surface area contributed by atoms with E-state index >= 15 is 0 Å². The number of halogens is 3. The summed E-state index contributed by atoms with van der Waals surface area (Å²) in [6, 6.07) is 0.476. The van der Waals surface area contributed by atoms with Crippen LogP contribution in [0.3, 0.4) is 0 Å². The van der Waals surface area contributed by atoms with Crippen molar-refractivity contribution in [2.75, 3.05) is 5.32 Å². The highest BCUT2D eigenvalue weighted by Gasteiger charge is 2.18. The second-order valence-corrected chi connectivity index (χ2v) is 4.37. The van der Waals surface area contributed by atoms with E-state index in [1.165, 1.54) is 0 Å². The lowest BCUT2D eigenvalue weighted by Crippen LogP contribution is -2.39. The maximum Gasteiger partial charge on any atom is 0.241 e. The molecule has 2 amide bonds. The average Bonchev–Trinajstić information content (AvgIpc) is 2.24. The van der Waals surface area contributed by atoms with Gasteiger partial charge in [-0.1, -0.05) is 0 Å². The molecule has 5 nitrogen and oxygen atoms in total. The summed E-state index contributed by atoms with van der Waals surface area (Å²) in [7, 11) is 0. The summed E-state index contributed by atoms with van der Waals surface area (Å²) < 4.78 is 26.2. The van der Waals surface area contributed by atoms with Gasteiger partial charge in [-0.05, 0) is 22.0 Å². The number of nitrogens with one attached hydrogen (secondary N) is 1. The number of nitrogens with two attached hydrogens (primary N) is 2. The van der Waals surface area contributed by atoms with Crippen molar-refractivity contribution in [2.24, 2.45) is 11.5 Å². The topological polar surface area (TPSA) is 98.2 Å². The first-order valence-electron chi connectivity index (χ1n) is 4.80. The van der Waals surface area contributed by atoms with Crippen LogP contribution < -0.4 is 16.8 Å². The number of hydrogen-bond donors (Lipinski definition) is 3. The Balaban J connectivity index is 2.82. The largest absolute Gasteiger partial charge is 0.370 e. The van der Waals surface area contributed by atoms with Gasteiger partial charge in [-0.2, -0.15) is 0 Å². The fraction of sp³-hybridized carbons (Fsp3) is 0.200. The quantitative estimate of drug-likeness (QED) is 0.717. The highest BCUT2D eigenvalue weighted by Crippen LogP contribution is 2.23. The van der Waals surface area contributed by atoms with Crippen LogP contribution in [0.2, 0.25) is 0 Å². The zero-order chi connectivity index (χ0) is 13.9. The van der Waals surface area contributed by atoms with Gasteiger partial charge in [0.15, 0.2) is 0 Å². The van der Waals surface area contributed by atoms with Gasteiger partial charge in [0.2, 0.25) is 11.8 Å². The second-order valence-electron chi connectivity index (χ2n) is 3.51. The van der Waals surface area contributed by atoms with Crippen LogP contribution in [0, 0.1) is 11.6 Å². The van der Waals surface area contributed by atoms with E-state index in [2.05, 4.69) is 21.2 Å². The van der Waals surface area contributed by atoms with Crippen LogP contribution in [0.1, 0.15) is 6.42 Å². The molecule has 8 heteroatoms. The molecular weight excluding hydrogens is 312 g/mol. The van der Waals surface area contributed by atoms with Gasteiger partial charge in [0, 0.05) is 6.07 Å². The first-order valence-corrected chi connectivity index (χ1v) is 5.60. The molecule has 0 aliphatic carbocycles.